The van der Waals surface area contributed by atoms with E-state index in [-0.39, 0.29) is 0 Å². The Balaban J connectivity index is 1.65. The van der Waals surface area contributed by atoms with Crippen molar-refractivity contribution in [2.45, 2.75) is 78.2 Å². The number of hydrogen-bond acceptors (Lipinski definition) is 1. The first-order valence-corrected chi connectivity index (χ1v) is 9.96. The van der Waals surface area contributed by atoms with Gasteiger partial charge in [-0.15, -0.1) is 0 Å². The van der Waals surface area contributed by atoms with Crippen LogP contribution in [0.2, 0.25) is 0 Å². The number of carbonyl (C=O) groups excluding carboxylic acids is 1. The van der Waals surface area contributed by atoms with Crippen molar-refractivity contribution in [3.63, 3.8) is 0 Å². The van der Waals surface area contributed by atoms with Gasteiger partial charge in [0.2, 0.25) is 5.91 Å². The number of rotatable bonds is 0. The molecule has 0 aromatic carbocycles. The standard InChI is InChI=1S/C19H32NOP/c1-12-4-6-14-13-5-7-16-19(3,11-9-17(21)20(16)22)15(13)8-10-18(12,14)2/h12-16H,4-11,22H2,1-3H3. The first-order chi connectivity index (χ1) is 10.4. The molecule has 1 aliphatic heterocycles. The maximum atomic E-state index is 12.1. The molecule has 4 rings (SSSR count). The van der Waals surface area contributed by atoms with Crippen molar-refractivity contribution in [3.05, 3.63) is 0 Å². The van der Waals surface area contributed by atoms with Crippen molar-refractivity contribution in [2.24, 2.45) is 34.5 Å². The van der Waals surface area contributed by atoms with E-state index in [0.717, 1.165) is 36.5 Å². The number of fused-ring (bicyclic) bond motifs is 5. The van der Waals surface area contributed by atoms with Crippen molar-refractivity contribution in [2.75, 3.05) is 0 Å². The van der Waals surface area contributed by atoms with Gasteiger partial charge in [-0.05, 0) is 88.8 Å². The van der Waals surface area contributed by atoms with E-state index < -0.39 is 0 Å². The topological polar surface area (TPSA) is 20.3 Å². The molecule has 0 N–H and O–H groups in total. The molecular weight excluding hydrogens is 289 g/mol. The van der Waals surface area contributed by atoms with Gasteiger partial charge in [-0.3, -0.25) is 4.79 Å². The second-order valence-electron chi connectivity index (χ2n) is 9.30. The van der Waals surface area contributed by atoms with Gasteiger partial charge in [-0.2, -0.15) is 0 Å². The van der Waals surface area contributed by atoms with Crippen LogP contribution in [0.4, 0.5) is 0 Å². The molecule has 3 aliphatic carbocycles. The van der Waals surface area contributed by atoms with Crippen molar-refractivity contribution < 1.29 is 4.79 Å². The number of amides is 1. The molecule has 3 heteroatoms. The molecule has 3 saturated carbocycles. The SMILES string of the molecule is CC1CCC2C3CCC4N(P)C(=O)CCC4(C)C3CCC12C. The second-order valence-corrected chi connectivity index (χ2v) is 9.86. The first-order valence-electron chi connectivity index (χ1n) is 9.44. The van der Waals surface area contributed by atoms with Crippen molar-refractivity contribution in [3.8, 4) is 0 Å². The molecule has 8 atom stereocenters. The van der Waals surface area contributed by atoms with E-state index in [1.165, 1.54) is 38.5 Å². The molecule has 1 amide bonds. The fourth-order valence-corrected chi connectivity index (χ4v) is 7.81. The third-order valence-corrected chi connectivity index (χ3v) is 9.44. The summed E-state index contributed by atoms with van der Waals surface area (Å²) in [6, 6.07) is 0.475. The highest BCUT2D eigenvalue weighted by atomic mass is 31.0. The summed E-state index contributed by atoms with van der Waals surface area (Å²) in [6.45, 7) is 7.60. The molecule has 0 aromatic rings. The van der Waals surface area contributed by atoms with E-state index in [1.807, 2.05) is 4.67 Å². The maximum absolute atomic E-state index is 12.1. The summed E-state index contributed by atoms with van der Waals surface area (Å²) in [7, 11) is 2.75. The van der Waals surface area contributed by atoms with E-state index in [0.29, 0.717) is 22.8 Å². The lowest BCUT2D eigenvalue weighted by Crippen LogP contribution is -2.59. The van der Waals surface area contributed by atoms with E-state index in [1.54, 1.807) is 0 Å². The normalized spacial score (nSPS) is 54.6. The Bertz CT molecular complexity index is 494. The molecule has 0 aromatic heterocycles. The molecule has 4 aliphatic rings. The highest BCUT2D eigenvalue weighted by Crippen LogP contribution is 2.66. The van der Waals surface area contributed by atoms with E-state index in [4.69, 9.17) is 0 Å². The molecule has 0 spiro atoms. The van der Waals surface area contributed by atoms with Crippen LogP contribution in [0, 0.1) is 34.5 Å². The average molecular weight is 321 g/mol. The number of nitrogens with zero attached hydrogens (tertiary/aromatic N) is 1. The van der Waals surface area contributed by atoms with Crippen LogP contribution in [0.5, 0.6) is 0 Å². The molecule has 124 valence electrons. The summed E-state index contributed by atoms with van der Waals surface area (Å²) in [5.74, 6) is 3.99. The van der Waals surface area contributed by atoms with Crippen LogP contribution in [-0.4, -0.2) is 16.6 Å². The van der Waals surface area contributed by atoms with Crippen LogP contribution in [0.25, 0.3) is 0 Å². The van der Waals surface area contributed by atoms with Gasteiger partial charge in [0.05, 0.1) is 0 Å². The summed E-state index contributed by atoms with van der Waals surface area (Å²) < 4.78 is 2.03. The van der Waals surface area contributed by atoms with Gasteiger partial charge in [-0.1, -0.05) is 20.8 Å². The van der Waals surface area contributed by atoms with E-state index >= 15 is 0 Å². The Hall–Kier alpha value is -0.100. The van der Waals surface area contributed by atoms with Crippen LogP contribution in [0.3, 0.4) is 0 Å². The monoisotopic (exact) mass is 321 g/mol. The zero-order valence-corrected chi connectivity index (χ0v) is 15.6. The van der Waals surface area contributed by atoms with Crippen molar-refractivity contribution in [1.82, 2.24) is 4.67 Å². The Kier molecular flexibility index (Phi) is 3.47. The van der Waals surface area contributed by atoms with Gasteiger partial charge < -0.3 is 4.67 Å². The van der Waals surface area contributed by atoms with E-state index in [9.17, 15) is 4.79 Å². The van der Waals surface area contributed by atoms with Gasteiger partial charge in [0, 0.05) is 12.5 Å². The predicted molar refractivity (Wildman–Crippen MR) is 93.1 cm³/mol. The highest BCUT2D eigenvalue weighted by molar-refractivity contribution is 7.14. The third kappa shape index (κ3) is 1.86. The van der Waals surface area contributed by atoms with Gasteiger partial charge >= 0.3 is 0 Å². The van der Waals surface area contributed by atoms with E-state index in [2.05, 4.69) is 30.2 Å². The van der Waals surface area contributed by atoms with Gasteiger partial charge in [0.25, 0.3) is 0 Å². The Morgan fingerprint density at radius 2 is 1.73 bits per heavy atom. The van der Waals surface area contributed by atoms with Crippen molar-refractivity contribution >= 4 is 15.3 Å². The predicted octanol–water partition coefficient (Wildman–Crippen LogP) is 4.65. The Morgan fingerprint density at radius 1 is 1.00 bits per heavy atom. The molecule has 0 radical (unpaired) electrons. The highest BCUT2D eigenvalue weighted by Gasteiger charge is 2.60. The van der Waals surface area contributed by atoms with Crippen LogP contribution >= 0.6 is 9.39 Å². The van der Waals surface area contributed by atoms with Gasteiger partial charge in [-0.25, -0.2) is 0 Å². The lowest BCUT2D eigenvalue weighted by molar-refractivity contribution is -0.149. The summed E-state index contributed by atoms with van der Waals surface area (Å²) >= 11 is 0. The molecule has 1 heterocycles. The largest absolute Gasteiger partial charge is 0.324 e. The number of carbonyl (C=O) groups is 1. The molecule has 1 saturated heterocycles. The van der Waals surface area contributed by atoms with Crippen LogP contribution < -0.4 is 0 Å². The maximum Gasteiger partial charge on any atom is 0.225 e. The second kappa shape index (κ2) is 4.95. The zero-order valence-electron chi connectivity index (χ0n) is 14.5. The van der Waals surface area contributed by atoms with Gasteiger partial charge in [0.1, 0.15) is 0 Å². The first kappa shape index (κ1) is 15.4. The van der Waals surface area contributed by atoms with Crippen LogP contribution in [-0.2, 0) is 4.79 Å². The lowest BCUT2D eigenvalue weighted by Gasteiger charge is -2.61. The molecule has 0 bridgehead atoms. The molecule has 22 heavy (non-hydrogen) atoms. The quantitative estimate of drug-likeness (QED) is 0.595. The number of piperidine rings is 1. The third-order valence-electron chi connectivity index (χ3n) is 8.79. The average Bonchev–Trinajstić information content (AvgIpc) is 2.79. The zero-order chi connectivity index (χ0) is 15.7. The van der Waals surface area contributed by atoms with Crippen LogP contribution in [0.1, 0.15) is 72.1 Å². The Morgan fingerprint density at radius 3 is 2.50 bits per heavy atom. The summed E-state index contributed by atoms with van der Waals surface area (Å²) in [5.41, 5.74) is 0.973. The summed E-state index contributed by atoms with van der Waals surface area (Å²) in [5, 5.41) is 0. The molecular formula is C19H32NOP. The summed E-state index contributed by atoms with van der Waals surface area (Å²) in [4.78, 5) is 12.1. The minimum absolute atomic E-state index is 0.348. The smallest absolute Gasteiger partial charge is 0.225 e. The fraction of sp³-hybridized carbons (Fsp3) is 0.947. The summed E-state index contributed by atoms with van der Waals surface area (Å²) in [6.07, 6.45) is 10.2. The van der Waals surface area contributed by atoms with Gasteiger partial charge in [0.15, 0.2) is 0 Å². The van der Waals surface area contributed by atoms with Crippen molar-refractivity contribution in [1.29, 1.82) is 0 Å². The fourth-order valence-electron chi connectivity index (χ4n) is 7.19. The number of hydrogen-bond donors (Lipinski definition) is 0. The molecule has 8 unspecified atom stereocenters. The molecule has 2 nitrogen and oxygen atoms in total. The minimum atomic E-state index is 0.348. The van der Waals surface area contributed by atoms with Crippen LogP contribution in [0.15, 0.2) is 0 Å². The minimum Gasteiger partial charge on any atom is -0.324 e. The lowest BCUT2D eigenvalue weighted by atomic mass is 9.47. The Labute approximate surface area is 138 Å². The molecule has 4 fully saturated rings.